The maximum Gasteiger partial charge on any atom is 0.236 e. The van der Waals surface area contributed by atoms with Crippen molar-refractivity contribution >= 4 is 41.8 Å². The Morgan fingerprint density at radius 1 is 1.56 bits per heavy atom. The Hall–Kier alpha value is 0.420. The predicted molar refractivity (Wildman–Crippen MR) is 76.7 cm³/mol. The molecule has 1 aliphatic rings. The second kappa shape index (κ2) is 9.45. The van der Waals surface area contributed by atoms with Gasteiger partial charge in [-0.2, -0.15) is 23.5 Å². The molecule has 1 heterocycles. The molecule has 3 N–H and O–H groups in total. The van der Waals surface area contributed by atoms with Gasteiger partial charge in [-0.25, -0.2) is 0 Å². The first-order valence-corrected chi connectivity index (χ1v) is 7.67. The summed E-state index contributed by atoms with van der Waals surface area (Å²) >= 11 is 3.92. The van der Waals surface area contributed by atoms with Gasteiger partial charge < -0.3 is 11.1 Å². The highest BCUT2D eigenvalue weighted by molar-refractivity contribution is 8.06. The van der Waals surface area contributed by atoms with Crippen LogP contribution in [0.3, 0.4) is 0 Å². The standard InChI is InChI=1S/C10H20N2OS2.ClH/c1-2-3-9(11)10(13)12-6-8-7-14-4-5-15-8;/h8-9H,2-7,11H2,1H3,(H,12,13);1H. The van der Waals surface area contributed by atoms with Gasteiger partial charge in [0, 0.05) is 29.1 Å². The van der Waals surface area contributed by atoms with Crippen molar-refractivity contribution in [3.8, 4) is 0 Å². The van der Waals surface area contributed by atoms with Crippen LogP contribution < -0.4 is 11.1 Å². The highest BCUT2D eigenvalue weighted by Gasteiger charge is 2.17. The number of hydrogen-bond acceptors (Lipinski definition) is 4. The first-order chi connectivity index (χ1) is 7.24. The van der Waals surface area contributed by atoms with Crippen molar-refractivity contribution in [3.63, 3.8) is 0 Å². The first kappa shape index (κ1) is 16.4. The molecule has 0 bridgehead atoms. The van der Waals surface area contributed by atoms with Crippen LogP contribution in [-0.2, 0) is 4.79 Å². The first-order valence-electron chi connectivity index (χ1n) is 5.46. The minimum Gasteiger partial charge on any atom is -0.354 e. The van der Waals surface area contributed by atoms with Crippen LogP contribution in [0.25, 0.3) is 0 Å². The molecule has 6 heteroatoms. The van der Waals surface area contributed by atoms with Gasteiger partial charge in [0.25, 0.3) is 0 Å². The zero-order valence-corrected chi connectivity index (χ0v) is 12.1. The Balaban J connectivity index is 0.00000225. The fraction of sp³-hybridized carbons (Fsp3) is 0.900. The highest BCUT2D eigenvalue weighted by atomic mass is 35.5. The number of carbonyl (C=O) groups excluding carboxylic acids is 1. The molecular formula is C10H21ClN2OS2. The molecule has 1 amide bonds. The SMILES string of the molecule is CCCC(N)C(=O)NCC1CSCCS1.Cl. The van der Waals surface area contributed by atoms with E-state index in [4.69, 9.17) is 5.73 Å². The van der Waals surface area contributed by atoms with Crippen LogP contribution >= 0.6 is 35.9 Å². The van der Waals surface area contributed by atoms with Crippen LogP contribution in [-0.4, -0.2) is 41.0 Å². The van der Waals surface area contributed by atoms with Crippen LogP contribution in [0.5, 0.6) is 0 Å². The molecule has 0 aromatic carbocycles. The number of rotatable bonds is 5. The number of nitrogens with one attached hydrogen (secondary N) is 1. The molecule has 3 nitrogen and oxygen atoms in total. The Morgan fingerprint density at radius 3 is 2.88 bits per heavy atom. The number of hydrogen-bond donors (Lipinski definition) is 2. The maximum atomic E-state index is 11.5. The van der Waals surface area contributed by atoms with Gasteiger partial charge in [0.15, 0.2) is 0 Å². The largest absolute Gasteiger partial charge is 0.354 e. The van der Waals surface area contributed by atoms with Crippen LogP contribution in [0.4, 0.5) is 0 Å². The molecule has 1 fully saturated rings. The summed E-state index contributed by atoms with van der Waals surface area (Å²) in [5.41, 5.74) is 5.72. The fourth-order valence-corrected chi connectivity index (χ4v) is 4.05. The van der Waals surface area contributed by atoms with E-state index in [-0.39, 0.29) is 24.4 Å². The van der Waals surface area contributed by atoms with Crippen LogP contribution in [0.15, 0.2) is 0 Å². The molecule has 0 aromatic rings. The lowest BCUT2D eigenvalue weighted by Crippen LogP contribution is -2.43. The van der Waals surface area contributed by atoms with E-state index in [9.17, 15) is 4.79 Å². The van der Waals surface area contributed by atoms with Crippen LogP contribution in [0.2, 0.25) is 0 Å². The van der Waals surface area contributed by atoms with Crippen molar-refractivity contribution in [2.45, 2.75) is 31.1 Å². The van der Waals surface area contributed by atoms with Gasteiger partial charge >= 0.3 is 0 Å². The number of nitrogens with two attached hydrogens (primary N) is 1. The topological polar surface area (TPSA) is 55.1 Å². The van der Waals surface area contributed by atoms with E-state index in [1.54, 1.807) is 0 Å². The third-order valence-electron chi connectivity index (χ3n) is 2.33. The number of halogens is 1. The number of thioether (sulfide) groups is 2. The van der Waals surface area contributed by atoms with E-state index in [1.807, 2.05) is 30.4 Å². The minimum atomic E-state index is -0.323. The lowest BCUT2D eigenvalue weighted by Gasteiger charge is -2.22. The maximum absolute atomic E-state index is 11.5. The molecule has 2 unspecified atom stereocenters. The molecule has 0 spiro atoms. The molecule has 1 rings (SSSR count). The van der Waals surface area contributed by atoms with E-state index < -0.39 is 0 Å². The molecule has 0 aliphatic carbocycles. The van der Waals surface area contributed by atoms with Crippen molar-refractivity contribution in [2.75, 3.05) is 23.8 Å². The summed E-state index contributed by atoms with van der Waals surface area (Å²) < 4.78 is 0. The van der Waals surface area contributed by atoms with Gasteiger partial charge in [-0.3, -0.25) is 4.79 Å². The van der Waals surface area contributed by atoms with Crippen molar-refractivity contribution in [3.05, 3.63) is 0 Å². The fourth-order valence-electron chi connectivity index (χ4n) is 1.44. The lowest BCUT2D eigenvalue weighted by molar-refractivity contribution is -0.122. The van der Waals surface area contributed by atoms with Crippen molar-refractivity contribution in [1.82, 2.24) is 5.32 Å². The van der Waals surface area contributed by atoms with Gasteiger partial charge in [-0.1, -0.05) is 13.3 Å². The normalized spacial score (nSPS) is 22.0. The molecule has 0 aromatic heterocycles. The molecule has 0 radical (unpaired) electrons. The molecule has 16 heavy (non-hydrogen) atoms. The summed E-state index contributed by atoms with van der Waals surface area (Å²) in [5, 5.41) is 3.51. The monoisotopic (exact) mass is 284 g/mol. The average molecular weight is 285 g/mol. The smallest absolute Gasteiger partial charge is 0.236 e. The summed E-state index contributed by atoms with van der Waals surface area (Å²) in [6.45, 7) is 2.81. The second-order valence-electron chi connectivity index (χ2n) is 3.71. The summed E-state index contributed by atoms with van der Waals surface area (Å²) in [6.07, 6.45) is 1.74. The molecule has 1 aliphatic heterocycles. The molecule has 1 saturated heterocycles. The van der Waals surface area contributed by atoms with Gasteiger partial charge in [0.2, 0.25) is 5.91 Å². The molecule has 96 valence electrons. The molecule has 0 saturated carbocycles. The highest BCUT2D eigenvalue weighted by Crippen LogP contribution is 2.23. The van der Waals surface area contributed by atoms with E-state index in [2.05, 4.69) is 5.32 Å². The van der Waals surface area contributed by atoms with E-state index in [0.717, 1.165) is 25.1 Å². The van der Waals surface area contributed by atoms with Crippen molar-refractivity contribution in [1.29, 1.82) is 0 Å². The second-order valence-corrected chi connectivity index (χ2v) is 6.27. The van der Waals surface area contributed by atoms with E-state index in [1.165, 1.54) is 11.5 Å². The quantitative estimate of drug-likeness (QED) is 0.803. The van der Waals surface area contributed by atoms with Crippen molar-refractivity contribution < 1.29 is 4.79 Å². The third kappa shape index (κ3) is 6.23. The lowest BCUT2D eigenvalue weighted by atomic mass is 10.2. The van der Waals surface area contributed by atoms with Gasteiger partial charge in [-0.15, -0.1) is 12.4 Å². The Morgan fingerprint density at radius 2 is 2.31 bits per heavy atom. The summed E-state index contributed by atoms with van der Waals surface area (Å²) in [5.74, 6) is 3.60. The van der Waals surface area contributed by atoms with Crippen LogP contribution in [0, 0.1) is 0 Å². The van der Waals surface area contributed by atoms with Gasteiger partial charge in [0.05, 0.1) is 6.04 Å². The molecule has 2 atom stereocenters. The summed E-state index contributed by atoms with van der Waals surface area (Å²) in [7, 11) is 0. The summed E-state index contributed by atoms with van der Waals surface area (Å²) in [6, 6.07) is -0.323. The third-order valence-corrected chi connectivity index (χ3v) is 5.17. The van der Waals surface area contributed by atoms with Gasteiger partial charge in [-0.05, 0) is 6.42 Å². The van der Waals surface area contributed by atoms with Crippen LogP contribution in [0.1, 0.15) is 19.8 Å². The van der Waals surface area contributed by atoms with E-state index >= 15 is 0 Å². The zero-order valence-electron chi connectivity index (χ0n) is 9.61. The number of carbonyl (C=O) groups is 1. The van der Waals surface area contributed by atoms with Gasteiger partial charge in [0.1, 0.15) is 0 Å². The molecular weight excluding hydrogens is 264 g/mol. The Labute approximate surface area is 112 Å². The Kier molecular flexibility index (Phi) is 9.70. The Bertz CT molecular complexity index is 201. The number of amides is 1. The zero-order chi connectivity index (χ0) is 11.1. The van der Waals surface area contributed by atoms with Crippen molar-refractivity contribution in [2.24, 2.45) is 5.73 Å². The average Bonchev–Trinajstić information content (AvgIpc) is 2.27. The predicted octanol–water partition coefficient (Wildman–Crippen LogP) is 1.50. The minimum absolute atomic E-state index is 0. The van der Waals surface area contributed by atoms with E-state index in [0.29, 0.717) is 5.25 Å². The summed E-state index contributed by atoms with van der Waals surface area (Å²) in [4.78, 5) is 11.5.